The van der Waals surface area contributed by atoms with Crippen molar-refractivity contribution in [3.05, 3.63) is 48.3 Å². The lowest BCUT2D eigenvalue weighted by atomic mass is 10.1. The summed E-state index contributed by atoms with van der Waals surface area (Å²) in [6.07, 6.45) is 3.16. The van der Waals surface area contributed by atoms with Crippen LogP contribution >= 0.6 is 0 Å². The van der Waals surface area contributed by atoms with E-state index in [1.807, 2.05) is 0 Å². The second kappa shape index (κ2) is 3.88. The second-order valence-electron chi connectivity index (χ2n) is 2.92. The Morgan fingerprint density at radius 2 is 1.87 bits per heavy atom. The number of hydrogen-bond acceptors (Lipinski definition) is 3. The fraction of sp³-hybridized carbons (Fsp3) is 0. The van der Waals surface area contributed by atoms with E-state index in [0.29, 0.717) is 11.4 Å². The molecule has 0 aliphatic heterocycles. The molecule has 2 aromatic rings. The normalized spacial score (nSPS) is 9.87. The lowest BCUT2D eigenvalue weighted by molar-refractivity contribution is 0.0697. The minimum atomic E-state index is -0.997. The third kappa shape index (κ3) is 1.83. The molecule has 0 bridgehead atoms. The number of pyridine rings is 2. The van der Waals surface area contributed by atoms with Gasteiger partial charge < -0.3 is 5.11 Å². The van der Waals surface area contributed by atoms with Gasteiger partial charge in [-0.15, -0.1) is 0 Å². The van der Waals surface area contributed by atoms with Crippen molar-refractivity contribution >= 4 is 5.97 Å². The SMILES string of the molecule is O=C(O)c1cccnc1-c1ccccn1. The first-order chi connectivity index (χ1) is 7.29. The maximum absolute atomic E-state index is 10.9. The van der Waals surface area contributed by atoms with Gasteiger partial charge in [-0.1, -0.05) is 6.07 Å². The largest absolute Gasteiger partial charge is 0.478 e. The fourth-order valence-corrected chi connectivity index (χ4v) is 1.28. The second-order valence-corrected chi connectivity index (χ2v) is 2.92. The molecule has 0 saturated carbocycles. The lowest BCUT2D eigenvalue weighted by Gasteiger charge is -2.02. The van der Waals surface area contributed by atoms with Gasteiger partial charge in [-0.25, -0.2) is 4.79 Å². The molecule has 2 rings (SSSR count). The van der Waals surface area contributed by atoms with Crippen LogP contribution in [-0.4, -0.2) is 21.0 Å². The number of carboxylic acid groups (broad SMARTS) is 1. The van der Waals surface area contributed by atoms with E-state index in [4.69, 9.17) is 5.11 Å². The van der Waals surface area contributed by atoms with Crippen LogP contribution in [0.1, 0.15) is 10.4 Å². The Labute approximate surface area is 86.2 Å². The van der Waals surface area contributed by atoms with Gasteiger partial charge in [-0.3, -0.25) is 9.97 Å². The summed E-state index contributed by atoms with van der Waals surface area (Å²) in [6, 6.07) is 8.40. The Balaban J connectivity index is 2.58. The van der Waals surface area contributed by atoms with E-state index >= 15 is 0 Å². The minimum absolute atomic E-state index is 0.163. The smallest absolute Gasteiger partial charge is 0.337 e. The summed E-state index contributed by atoms with van der Waals surface area (Å²) in [7, 11) is 0. The molecule has 4 heteroatoms. The number of rotatable bonds is 2. The van der Waals surface area contributed by atoms with Crippen molar-refractivity contribution < 1.29 is 9.90 Å². The van der Waals surface area contributed by atoms with Crippen LogP contribution in [0.3, 0.4) is 0 Å². The van der Waals surface area contributed by atoms with Crippen LogP contribution in [-0.2, 0) is 0 Å². The third-order valence-electron chi connectivity index (χ3n) is 1.95. The summed E-state index contributed by atoms with van der Waals surface area (Å²) in [5.74, 6) is -0.997. The highest BCUT2D eigenvalue weighted by Gasteiger charge is 2.12. The molecule has 0 aromatic carbocycles. The summed E-state index contributed by atoms with van der Waals surface area (Å²) >= 11 is 0. The molecule has 0 atom stereocenters. The number of nitrogens with zero attached hydrogens (tertiary/aromatic N) is 2. The van der Waals surface area contributed by atoms with Crippen molar-refractivity contribution in [3.63, 3.8) is 0 Å². The first kappa shape index (κ1) is 9.33. The van der Waals surface area contributed by atoms with Gasteiger partial charge in [0.25, 0.3) is 0 Å². The van der Waals surface area contributed by atoms with E-state index in [2.05, 4.69) is 9.97 Å². The molecule has 0 radical (unpaired) electrons. The molecule has 2 heterocycles. The number of carbonyl (C=O) groups is 1. The number of aromatic carboxylic acids is 1. The molecule has 2 aromatic heterocycles. The molecular weight excluding hydrogens is 192 g/mol. The van der Waals surface area contributed by atoms with Crippen molar-refractivity contribution in [2.24, 2.45) is 0 Å². The van der Waals surface area contributed by atoms with E-state index in [1.54, 1.807) is 36.7 Å². The molecule has 0 amide bonds. The van der Waals surface area contributed by atoms with E-state index < -0.39 is 5.97 Å². The van der Waals surface area contributed by atoms with E-state index in [0.717, 1.165) is 0 Å². The number of carboxylic acids is 1. The van der Waals surface area contributed by atoms with Gasteiger partial charge in [0.05, 0.1) is 11.3 Å². The monoisotopic (exact) mass is 200 g/mol. The molecule has 0 spiro atoms. The number of aromatic nitrogens is 2. The van der Waals surface area contributed by atoms with Crippen LogP contribution in [0.5, 0.6) is 0 Å². The average Bonchev–Trinajstić information content (AvgIpc) is 2.30. The Kier molecular flexibility index (Phi) is 2.41. The first-order valence-corrected chi connectivity index (χ1v) is 4.39. The topological polar surface area (TPSA) is 63.1 Å². The number of hydrogen-bond donors (Lipinski definition) is 1. The fourth-order valence-electron chi connectivity index (χ4n) is 1.28. The van der Waals surface area contributed by atoms with Crippen molar-refractivity contribution in [1.29, 1.82) is 0 Å². The van der Waals surface area contributed by atoms with Crippen molar-refractivity contribution in [2.75, 3.05) is 0 Å². The van der Waals surface area contributed by atoms with Gasteiger partial charge in [-0.05, 0) is 24.3 Å². The summed E-state index contributed by atoms with van der Waals surface area (Å²) in [5.41, 5.74) is 1.12. The van der Waals surface area contributed by atoms with Gasteiger partial charge in [0.15, 0.2) is 0 Å². The summed E-state index contributed by atoms with van der Waals surface area (Å²) in [4.78, 5) is 19.0. The zero-order valence-corrected chi connectivity index (χ0v) is 7.79. The van der Waals surface area contributed by atoms with Gasteiger partial charge in [0, 0.05) is 12.4 Å². The molecule has 74 valence electrons. The maximum atomic E-state index is 10.9. The highest BCUT2D eigenvalue weighted by atomic mass is 16.4. The van der Waals surface area contributed by atoms with Crippen LogP contribution in [0.15, 0.2) is 42.7 Å². The van der Waals surface area contributed by atoms with Crippen LogP contribution in [0.25, 0.3) is 11.4 Å². The molecular formula is C11H8N2O2. The van der Waals surface area contributed by atoms with Crippen LogP contribution < -0.4 is 0 Å². The Morgan fingerprint density at radius 1 is 1.07 bits per heavy atom. The highest BCUT2D eigenvalue weighted by Crippen LogP contribution is 2.17. The average molecular weight is 200 g/mol. The molecule has 0 fully saturated rings. The predicted octanol–water partition coefficient (Wildman–Crippen LogP) is 1.84. The van der Waals surface area contributed by atoms with Crippen molar-refractivity contribution in [3.8, 4) is 11.4 Å². The zero-order chi connectivity index (χ0) is 10.7. The lowest BCUT2D eigenvalue weighted by Crippen LogP contribution is -2.01. The summed E-state index contributed by atoms with van der Waals surface area (Å²) in [5, 5.41) is 8.96. The molecule has 0 saturated heterocycles. The van der Waals surface area contributed by atoms with E-state index in [-0.39, 0.29) is 5.56 Å². The van der Waals surface area contributed by atoms with Crippen LogP contribution in [0, 0.1) is 0 Å². The molecule has 0 aliphatic rings. The maximum Gasteiger partial charge on any atom is 0.337 e. The molecule has 4 nitrogen and oxygen atoms in total. The van der Waals surface area contributed by atoms with Gasteiger partial charge in [0.2, 0.25) is 0 Å². The Morgan fingerprint density at radius 3 is 2.53 bits per heavy atom. The van der Waals surface area contributed by atoms with Crippen LogP contribution in [0.2, 0.25) is 0 Å². The summed E-state index contributed by atoms with van der Waals surface area (Å²) < 4.78 is 0. The van der Waals surface area contributed by atoms with Crippen molar-refractivity contribution in [2.45, 2.75) is 0 Å². The van der Waals surface area contributed by atoms with Gasteiger partial charge >= 0.3 is 5.97 Å². The summed E-state index contributed by atoms with van der Waals surface area (Å²) in [6.45, 7) is 0. The van der Waals surface area contributed by atoms with Gasteiger partial charge in [0.1, 0.15) is 5.69 Å². The Bertz CT molecular complexity index is 483. The highest BCUT2D eigenvalue weighted by molar-refractivity contribution is 5.94. The first-order valence-electron chi connectivity index (χ1n) is 4.39. The minimum Gasteiger partial charge on any atom is -0.478 e. The quantitative estimate of drug-likeness (QED) is 0.803. The van der Waals surface area contributed by atoms with Crippen molar-refractivity contribution in [1.82, 2.24) is 9.97 Å². The molecule has 0 aliphatic carbocycles. The molecule has 1 N–H and O–H groups in total. The molecule has 15 heavy (non-hydrogen) atoms. The van der Waals surface area contributed by atoms with E-state index in [1.165, 1.54) is 6.07 Å². The van der Waals surface area contributed by atoms with E-state index in [9.17, 15) is 4.79 Å². The Hall–Kier alpha value is -2.23. The third-order valence-corrected chi connectivity index (χ3v) is 1.95. The molecule has 0 unspecified atom stereocenters. The standard InChI is InChI=1S/C11H8N2O2/c14-11(15)8-4-3-7-13-10(8)9-5-1-2-6-12-9/h1-7H,(H,14,15). The zero-order valence-electron chi connectivity index (χ0n) is 7.79. The van der Waals surface area contributed by atoms with Crippen LogP contribution in [0.4, 0.5) is 0 Å². The predicted molar refractivity (Wildman–Crippen MR) is 54.4 cm³/mol. The van der Waals surface area contributed by atoms with Gasteiger partial charge in [-0.2, -0.15) is 0 Å².